The Kier molecular flexibility index (Phi) is 6.55. The van der Waals surface area contributed by atoms with Crippen molar-refractivity contribution in [1.82, 2.24) is 5.32 Å². The van der Waals surface area contributed by atoms with E-state index in [1.807, 2.05) is 0 Å². The second kappa shape index (κ2) is 8.89. The van der Waals surface area contributed by atoms with Gasteiger partial charge in [-0.2, -0.15) is 0 Å². The molecule has 0 aliphatic heterocycles. The molecular formula is C20H23BrN2O3S. The van der Waals surface area contributed by atoms with Gasteiger partial charge in [0.2, 0.25) is 5.91 Å². The molecule has 1 saturated carbocycles. The highest BCUT2D eigenvalue weighted by Gasteiger charge is 2.28. The molecule has 5 nitrogen and oxygen atoms in total. The number of amides is 1. The first kappa shape index (κ1) is 19.9. The van der Waals surface area contributed by atoms with Gasteiger partial charge in [-0.3, -0.25) is 9.10 Å². The monoisotopic (exact) mass is 450 g/mol. The maximum absolute atomic E-state index is 13.2. The van der Waals surface area contributed by atoms with E-state index in [4.69, 9.17) is 0 Å². The molecule has 7 heteroatoms. The SMILES string of the molecule is O=C(CN(c1ccc(Br)cc1)S(=O)(=O)c1ccccc1)NC1CCCCC1. The normalized spacial score (nSPS) is 15.3. The van der Waals surface area contributed by atoms with E-state index in [0.717, 1.165) is 30.2 Å². The number of halogens is 1. The van der Waals surface area contributed by atoms with E-state index < -0.39 is 10.0 Å². The number of sulfonamides is 1. The number of anilines is 1. The molecule has 0 atom stereocenters. The summed E-state index contributed by atoms with van der Waals surface area (Å²) in [5.41, 5.74) is 0.459. The fourth-order valence-electron chi connectivity index (χ4n) is 3.29. The van der Waals surface area contributed by atoms with E-state index in [-0.39, 0.29) is 23.4 Å². The molecule has 1 N–H and O–H groups in total. The van der Waals surface area contributed by atoms with Crippen LogP contribution in [-0.2, 0) is 14.8 Å². The maximum atomic E-state index is 13.2. The molecule has 144 valence electrons. The number of hydrogen-bond acceptors (Lipinski definition) is 3. The van der Waals surface area contributed by atoms with Crippen molar-refractivity contribution < 1.29 is 13.2 Å². The second-order valence-corrected chi connectivity index (χ2v) is 9.48. The van der Waals surface area contributed by atoms with Gasteiger partial charge in [-0.05, 0) is 49.2 Å². The Hall–Kier alpha value is -1.86. The highest BCUT2D eigenvalue weighted by Crippen LogP contribution is 2.25. The zero-order chi connectivity index (χ0) is 19.3. The highest BCUT2D eigenvalue weighted by atomic mass is 79.9. The van der Waals surface area contributed by atoms with Crippen molar-refractivity contribution in [2.75, 3.05) is 10.8 Å². The van der Waals surface area contributed by atoms with E-state index >= 15 is 0 Å². The van der Waals surface area contributed by atoms with Gasteiger partial charge in [0.15, 0.2) is 0 Å². The Morgan fingerprint density at radius 2 is 1.63 bits per heavy atom. The lowest BCUT2D eigenvalue weighted by Crippen LogP contribution is -2.44. The van der Waals surface area contributed by atoms with Crippen molar-refractivity contribution >= 4 is 37.5 Å². The highest BCUT2D eigenvalue weighted by molar-refractivity contribution is 9.10. The molecule has 2 aromatic carbocycles. The van der Waals surface area contributed by atoms with Gasteiger partial charge in [-0.15, -0.1) is 0 Å². The lowest BCUT2D eigenvalue weighted by Gasteiger charge is -2.27. The van der Waals surface area contributed by atoms with Crippen molar-refractivity contribution in [1.29, 1.82) is 0 Å². The predicted molar refractivity (Wildman–Crippen MR) is 110 cm³/mol. The van der Waals surface area contributed by atoms with Crippen LogP contribution >= 0.6 is 15.9 Å². The van der Waals surface area contributed by atoms with Crippen LogP contribution in [0.15, 0.2) is 64.0 Å². The Bertz CT molecular complexity index is 864. The average Bonchev–Trinajstić information content (AvgIpc) is 2.68. The van der Waals surface area contributed by atoms with E-state index in [9.17, 15) is 13.2 Å². The summed E-state index contributed by atoms with van der Waals surface area (Å²) in [4.78, 5) is 12.8. The maximum Gasteiger partial charge on any atom is 0.264 e. The third-order valence-electron chi connectivity index (χ3n) is 4.70. The summed E-state index contributed by atoms with van der Waals surface area (Å²) in [7, 11) is -3.85. The minimum Gasteiger partial charge on any atom is -0.352 e. The van der Waals surface area contributed by atoms with E-state index in [0.29, 0.717) is 5.69 Å². The molecule has 0 bridgehead atoms. The van der Waals surface area contributed by atoms with Crippen molar-refractivity contribution in [3.8, 4) is 0 Å². The summed E-state index contributed by atoms with van der Waals surface area (Å²) in [5.74, 6) is -0.274. The fourth-order valence-corrected chi connectivity index (χ4v) is 5.00. The van der Waals surface area contributed by atoms with Crippen molar-refractivity contribution in [2.24, 2.45) is 0 Å². The molecule has 27 heavy (non-hydrogen) atoms. The molecule has 0 saturated heterocycles. The van der Waals surface area contributed by atoms with Crippen LogP contribution in [-0.4, -0.2) is 26.9 Å². The number of benzene rings is 2. The zero-order valence-corrected chi connectivity index (χ0v) is 17.4. The van der Waals surface area contributed by atoms with Crippen molar-refractivity contribution in [3.05, 3.63) is 59.1 Å². The van der Waals surface area contributed by atoms with Gasteiger partial charge in [-0.25, -0.2) is 8.42 Å². The largest absolute Gasteiger partial charge is 0.352 e. The summed E-state index contributed by atoms with van der Waals surface area (Å²) in [6, 6.07) is 15.3. The molecule has 0 heterocycles. The van der Waals surface area contributed by atoms with Crippen LogP contribution in [0.5, 0.6) is 0 Å². The van der Waals surface area contributed by atoms with Crippen LogP contribution in [0.1, 0.15) is 32.1 Å². The number of hydrogen-bond donors (Lipinski definition) is 1. The molecule has 1 amide bonds. The zero-order valence-electron chi connectivity index (χ0n) is 15.0. The first-order valence-electron chi connectivity index (χ1n) is 9.09. The molecular weight excluding hydrogens is 428 g/mol. The number of nitrogens with zero attached hydrogens (tertiary/aromatic N) is 1. The fraction of sp³-hybridized carbons (Fsp3) is 0.350. The molecule has 3 rings (SSSR count). The van der Waals surface area contributed by atoms with Gasteiger partial charge in [0, 0.05) is 10.5 Å². The van der Waals surface area contributed by atoms with Crippen LogP contribution in [0.3, 0.4) is 0 Å². The third-order valence-corrected chi connectivity index (χ3v) is 7.02. The van der Waals surface area contributed by atoms with E-state index in [1.165, 1.54) is 10.7 Å². The molecule has 1 aliphatic rings. The van der Waals surface area contributed by atoms with Gasteiger partial charge in [0.25, 0.3) is 10.0 Å². The van der Waals surface area contributed by atoms with Crippen LogP contribution < -0.4 is 9.62 Å². The minimum absolute atomic E-state index is 0.137. The summed E-state index contributed by atoms with van der Waals surface area (Å²) in [6.07, 6.45) is 5.30. The number of carbonyl (C=O) groups is 1. The Labute approximate surface area is 169 Å². The van der Waals surface area contributed by atoms with Crippen LogP contribution in [0.4, 0.5) is 5.69 Å². The molecule has 1 fully saturated rings. The van der Waals surface area contributed by atoms with Crippen molar-refractivity contribution in [2.45, 2.75) is 43.0 Å². The quantitative estimate of drug-likeness (QED) is 0.720. The van der Waals surface area contributed by atoms with Gasteiger partial charge in [-0.1, -0.05) is 53.4 Å². The van der Waals surface area contributed by atoms with Crippen LogP contribution in [0.2, 0.25) is 0 Å². The van der Waals surface area contributed by atoms with Crippen molar-refractivity contribution in [3.63, 3.8) is 0 Å². The third kappa shape index (κ3) is 5.11. The lowest BCUT2D eigenvalue weighted by molar-refractivity contribution is -0.120. The van der Waals surface area contributed by atoms with E-state index in [1.54, 1.807) is 54.6 Å². The number of rotatable bonds is 6. The van der Waals surface area contributed by atoms with Gasteiger partial charge in [0.1, 0.15) is 6.54 Å². The van der Waals surface area contributed by atoms with Crippen LogP contribution in [0.25, 0.3) is 0 Å². The van der Waals surface area contributed by atoms with E-state index in [2.05, 4.69) is 21.2 Å². The molecule has 0 unspecified atom stereocenters. The molecule has 0 spiro atoms. The molecule has 0 aromatic heterocycles. The topological polar surface area (TPSA) is 66.5 Å². The second-order valence-electron chi connectivity index (χ2n) is 6.70. The van der Waals surface area contributed by atoms with Crippen LogP contribution in [0, 0.1) is 0 Å². The summed E-state index contributed by atoms with van der Waals surface area (Å²) in [6.45, 7) is -0.241. The first-order valence-corrected chi connectivity index (χ1v) is 11.3. The minimum atomic E-state index is -3.85. The number of nitrogens with one attached hydrogen (secondary N) is 1. The molecule has 1 aliphatic carbocycles. The van der Waals surface area contributed by atoms with Gasteiger partial charge in [0.05, 0.1) is 10.6 Å². The lowest BCUT2D eigenvalue weighted by atomic mass is 9.95. The Morgan fingerprint density at radius 3 is 2.26 bits per heavy atom. The average molecular weight is 451 g/mol. The van der Waals surface area contributed by atoms with Gasteiger partial charge < -0.3 is 5.32 Å². The Balaban J connectivity index is 1.86. The first-order chi connectivity index (χ1) is 13.0. The standard InChI is InChI=1S/C20H23BrN2O3S/c21-16-11-13-18(14-12-16)23(27(25,26)19-9-5-2-6-10-19)15-20(24)22-17-7-3-1-4-8-17/h2,5-6,9-14,17H,1,3-4,7-8,15H2,(H,22,24). The number of carbonyl (C=O) groups excluding carboxylic acids is 1. The Morgan fingerprint density at radius 1 is 1.00 bits per heavy atom. The summed E-state index contributed by atoms with van der Waals surface area (Å²) < 4.78 is 28.4. The smallest absolute Gasteiger partial charge is 0.264 e. The summed E-state index contributed by atoms with van der Waals surface area (Å²) in [5, 5.41) is 3.00. The predicted octanol–water partition coefficient (Wildman–Crippen LogP) is 4.09. The van der Waals surface area contributed by atoms with Gasteiger partial charge >= 0.3 is 0 Å². The molecule has 0 radical (unpaired) electrons. The molecule has 2 aromatic rings. The summed E-state index contributed by atoms with van der Waals surface area (Å²) >= 11 is 3.36.